The summed E-state index contributed by atoms with van der Waals surface area (Å²) in [5.41, 5.74) is 0.300. The average molecular weight is 286 g/mol. The second-order valence-electron chi connectivity index (χ2n) is 3.03. The third-order valence-corrected chi connectivity index (χ3v) is 0.862. The summed E-state index contributed by atoms with van der Waals surface area (Å²) in [4.78, 5) is 0. The van der Waals surface area contributed by atoms with E-state index in [0.29, 0.717) is 12.0 Å². The molecule has 4 heteroatoms. The van der Waals surface area contributed by atoms with E-state index in [-0.39, 0.29) is 57.0 Å². The van der Waals surface area contributed by atoms with E-state index in [1.165, 1.54) is 0 Å². The van der Waals surface area contributed by atoms with Gasteiger partial charge in [0, 0.05) is 6.61 Å². The molecule has 0 saturated heterocycles. The van der Waals surface area contributed by atoms with Gasteiger partial charge in [0.2, 0.25) is 0 Å². The Morgan fingerprint density at radius 2 is 1.40 bits per heavy atom. The van der Waals surface area contributed by atoms with Crippen LogP contribution >= 0.6 is 0 Å². The van der Waals surface area contributed by atoms with E-state index in [4.69, 9.17) is 5.11 Å². The third kappa shape index (κ3) is 22.6. The number of aliphatic hydroxyl groups is 1. The van der Waals surface area contributed by atoms with Crippen molar-refractivity contribution in [3.8, 4) is 0 Å². The van der Waals surface area contributed by atoms with E-state index in [0.717, 1.165) is 6.42 Å². The Morgan fingerprint density at radius 3 is 1.40 bits per heavy atom. The molecule has 0 amide bonds. The standard InChI is InChI=1S/C6H14O.2BrH.Mg/c1-6(2,3)4-5-7;;;/h7H,4-5H2,1-3H3;2*1H;/q;;;+2/p-2. The van der Waals surface area contributed by atoms with Crippen LogP contribution in [0.15, 0.2) is 0 Å². The molecule has 0 aromatic rings. The fourth-order valence-corrected chi connectivity index (χ4v) is 0.335. The van der Waals surface area contributed by atoms with Crippen LogP contribution in [0.25, 0.3) is 0 Å². The van der Waals surface area contributed by atoms with Crippen molar-refractivity contribution < 1.29 is 39.1 Å². The zero-order valence-electron chi connectivity index (χ0n) is 6.82. The molecule has 0 heterocycles. The van der Waals surface area contributed by atoms with Crippen LogP contribution in [-0.2, 0) is 0 Å². The minimum atomic E-state index is 0. The molecule has 0 radical (unpaired) electrons. The first-order chi connectivity index (χ1) is 3.06. The van der Waals surface area contributed by atoms with Crippen LogP contribution in [-0.4, -0.2) is 34.8 Å². The Hall–Kier alpha value is 1.69. The molecule has 0 aliphatic heterocycles. The van der Waals surface area contributed by atoms with Crippen molar-refractivity contribution in [2.45, 2.75) is 27.2 Å². The number of rotatable bonds is 1. The second-order valence-corrected chi connectivity index (χ2v) is 3.03. The van der Waals surface area contributed by atoms with Gasteiger partial charge >= 0.3 is 23.1 Å². The van der Waals surface area contributed by atoms with Gasteiger partial charge in [0.1, 0.15) is 0 Å². The Balaban J connectivity index is -0.0000000600. The summed E-state index contributed by atoms with van der Waals surface area (Å²) in [7, 11) is 0. The maximum atomic E-state index is 8.40. The monoisotopic (exact) mass is 284 g/mol. The van der Waals surface area contributed by atoms with Crippen molar-refractivity contribution in [1.82, 2.24) is 0 Å². The van der Waals surface area contributed by atoms with Gasteiger partial charge in [-0.25, -0.2) is 0 Å². The molecule has 0 spiro atoms. The fourth-order valence-electron chi connectivity index (χ4n) is 0.335. The zero-order chi connectivity index (χ0) is 5.91. The quantitative estimate of drug-likeness (QED) is 0.479. The fraction of sp³-hybridized carbons (Fsp3) is 1.00. The van der Waals surface area contributed by atoms with E-state index < -0.39 is 0 Å². The first-order valence-electron chi connectivity index (χ1n) is 2.67. The number of hydrogen-bond donors (Lipinski definition) is 1. The molecule has 1 N–H and O–H groups in total. The topological polar surface area (TPSA) is 20.2 Å². The molecule has 0 aliphatic carbocycles. The van der Waals surface area contributed by atoms with Crippen molar-refractivity contribution in [2.75, 3.05) is 6.61 Å². The van der Waals surface area contributed by atoms with Crippen LogP contribution in [0.3, 0.4) is 0 Å². The molecular formula is C6H14Br2MgO. The summed E-state index contributed by atoms with van der Waals surface area (Å²) in [5, 5.41) is 8.40. The van der Waals surface area contributed by atoms with E-state index in [1.807, 2.05) is 0 Å². The molecule has 0 unspecified atom stereocenters. The Labute approximate surface area is 101 Å². The predicted octanol–water partition coefficient (Wildman–Crippen LogP) is -4.96. The molecule has 0 fully saturated rings. The average Bonchev–Trinajstić information content (AvgIpc) is 1.30. The van der Waals surface area contributed by atoms with E-state index in [1.54, 1.807) is 0 Å². The summed E-state index contributed by atoms with van der Waals surface area (Å²) in [6, 6.07) is 0. The smallest absolute Gasteiger partial charge is 1.00 e. The van der Waals surface area contributed by atoms with Crippen LogP contribution in [0.5, 0.6) is 0 Å². The first kappa shape index (κ1) is 22.6. The third-order valence-electron chi connectivity index (χ3n) is 0.862. The Morgan fingerprint density at radius 1 is 1.10 bits per heavy atom. The molecule has 0 aromatic heterocycles. The van der Waals surface area contributed by atoms with Gasteiger partial charge in [0.25, 0.3) is 0 Å². The van der Waals surface area contributed by atoms with Crippen molar-refractivity contribution >= 4 is 23.1 Å². The maximum absolute atomic E-state index is 8.40. The summed E-state index contributed by atoms with van der Waals surface area (Å²) < 4.78 is 0. The number of hydrogen-bond acceptors (Lipinski definition) is 1. The Bertz CT molecular complexity index is 54.2. The molecule has 10 heavy (non-hydrogen) atoms. The van der Waals surface area contributed by atoms with Gasteiger partial charge in [-0.1, -0.05) is 20.8 Å². The molecule has 0 saturated carbocycles. The predicted molar refractivity (Wildman–Crippen MR) is 36.9 cm³/mol. The van der Waals surface area contributed by atoms with E-state index in [2.05, 4.69) is 20.8 Å². The van der Waals surface area contributed by atoms with Crippen molar-refractivity contribution in [2.24, 2.45) is 5.41 Å². The van der Waals surface area contributed by atoms with Gasteiger partial charge in [-0.2, -0.15) is 0 Å². The normalized spacial score (nSPS) is 8.40. The summed E-state index contributed by atoms with van der Waals surface area (Å²) >= 11 is 0. The van der Waals surface area contributed by atoms with Crippen LogP contribution in [0.2, 0.25) is 0 Å². The number of aliphatic hydroxyl groups excluding tert-OH is 1. The second kappa shape index (κ2) is 10.7. The number of halogens is 2. The van der Waals surface area contributed by atoms with Crippen molar-refractivity contribution in [1.29, 1.82) is 0 Å². The largest absolute Gasteiger partial charge is 2.00 e. The SMILES string of the molecule is CC(C)(C)CCO.[Br-].[Br-].[Mg+2]. The van der Waals surface area contributed by atoms with Gasteiger partial charge in [-0.05, 0) is 11.8 Å². The van der Waals surface area contributed by atoms with Crippen LogP contribution in [0, 0.1) is 5.41 Å². The maximum Gasteiger partial charge on any atom is 2.00 e. The van der Waals surface area contributed by atoms with Crippen molar-refractivity contribution in [3.05, 3.63) is 0 Å². The summed E-state index contributed by atoms with van der Waals surface area (Å²) in [6.45, 7) is 6.65. The molecule has 0 rings (SSSR count). The molecule has 0 aliphatic rings. The van der Waals surface area contributed by atoms with Crippen LogP contribution in [0.1, 0.15) is 27.2 Å². The molecule has 0 atom stereocenters. The molecule has 60 valence electrons. The minimum absolute atomic E-state index is 0. The molecule has 1 nitrogen and oxygen atoms in total. The van der Waals surface area contributed by atoms with E-state index >= 15 is 0 Å². The molecular weight excluding hydrogens is 272 g/mol. The molecule has 0 bridgehead atoms. The van der Waals surface area contributed by atoms with Gasteiger partial charge < -0.3 is 39.1 Å². The summed E-state index contributed by atoms with van der Waals surface area (Å²) in [6.07, 6.45) is 0.896. The van der Waals surface area contributed by atoms with E-state index in [9.17, 15) is 0 Å². The zero-order valence-corrected chi connectivity index (χ0v) is 11.4. The summed E-state index contributed by atoms with van der Waals surface area (Å²) in [5.74, 6) is 0. The Kier molecular flexibility index (Phi) is 24.1. The van der Waals surface area contributed by atoms with Crippen LogP contribution < -0.4 is 34.0 Å². The van der Waals surface area contributed by atoms with Gasteiger partial charge in [-0.3, -0.25) is 0 Å². The van der Waals surface area contributed by atoms with Crippen LogP contribution in [0.4, 0.5) is 0 Å². The van der Waals surface area contributed by atoms with Gasteiger partial charge in [0.15, 0.2) is 0 Å². The first-order valence-corrected chi connectivity index (χ1v) is 2.67. The van der Waals surface area contributed by atoms with Crippen molar-refractivity contribution in [3.63, 3.8) is 0 Å². The minimum Gasteiger partial charge on any atom is -1.00 e. The molecule has 0 aromatic carbocycles. The van der Waals surface area contributed by atoms with Gasteiger partial charge in [0.05, 0.1) is 0 Å². The van der Waals surface area contributed by atoms with Gasteiger partial charge in [-0.15, -0.1) is 0 Å².